The Balaban J connectivity index is 2.08. The van der Waals surface area contributed by atoms with Crippen LogP contribution in [0, 0.1) is 5.82 Å². The topological polar surface area (TPSA) is 59.4 Å². The lowest BCUT2D eigenvalue weighted by Gasteiger charge is -2.06. The highest BCUT2D eigenvalue weighted by molar-refractivity contribution is 9.10. The van der Waals surface area contributed by atoms with Crippen LogP contribution in [0.3, 0.4) is 0 Å². The maximum Gasteiger partial charge on any atom is 0.139 e. The van der Waals surface area contributed by atoms with E-state index in [4.69, 9.17) is 0 Å². The first-order chi connectivity index (χ1) is 8.65. The van der Waals surface area contributed by atoms with Crippen LogP contribution in [0.1, 0.15) is 18.8 Å². The minimum atomic E-state index is -0.314. The fourth-order valence-electron chi connectivity index (χ4n) is 1.77. The third-order valence-electron chi connectivity index (χ3n) is 2.77. The molecule has 1 unspecified atom stereocenters. The molecule has 2 heterocycles. The second-order valence-corrected chi connectivity index (χ2v) is 4.81. The van der Waals surface area contributed by atoms with E-state index in [1.54, 1.807) is 17.1 Å². The molecule has 2 aromatic heterocycles. The highest BCUT2D eigenvalue weighted by Gasteiger charge is 2.14. The van der Waals surface area contributed by atoms with E-state index in [0.717, 1.165) is 0 Å². The van der Waals surface area contributed by atoms with Gasteiger partial charge in [-0.3, -0.25) is 0 Å². The van der Waals surface area contributed by atoms with Crippen molar-refractivity contribution in [2.45, 2.75) is 13.0 Å². The maximum absolute atomic E-state index is 13.4. The van der Waals surface area contributed by atoms with Crippen LogP contribution < -0.4 is 0 Å². The number of rotatable bonds is 2. The highest BCUT2D eigenvalue weighted by Crippen LogP contribution is 2.24. The van der Waals surface area contributed by atoms with E-state index < -0.39 is 0 Å². The van der Waals surface area contributed by atoms with Crippen LogP contribution in [0.2, 0.25) is 0 Å². The Labute approximate surface area is 110 Å². The van der Waals surface area contributed by atoms with Crippen molar-refractivity contribution in [3.8, 4) is 0 Å². The van der Waals surface area contributed by atoms with Crippen LogP contribution in [0.4, 0.5) is 4.39 Å². The minimum Gasteiger partial charge on any atom is -0.340 e. The summed E-state index contributed by atoms with van der Waals surface area (Å²) in [7, 11) is 0. The number of hydrogen-bond acceptors (Lipinski definition) is 3. The van der Waals surface area contributed by atoms with Crippen LogP contribution in [-0.2, 0) is 0 Å². The summed E-state index contributed by atoms with van der Waals surface area (Å²) in [6.07, 6.45) is 3.09. The number of imidazole rings is 1. The number of fused-ring (bicyclic) bond motifs is 1. The minimum absolute atomic E-state index is 0.0817. The summed E-state index contributed by atoms with van der Waals surface area (Å²) in [5.41, 5.74) is 1.38. The molecular weight excluding hydrogens is 301 g/mol. The predicted molar refractivity (Wildman–Crippen MR) is 67.6 cm³/mol. The lowest BCUT2D eigenvalue weighted by atomic mass is 10.3. The van der Waals surface area contributed by atoms with Gasteiger partial charge in [0.2, 0.25) is 0 Å². The van der Waals surface area contributed by atoms with Gasteiger partial charge in [0.05, 0.1) is 15.5 Å². The van der Waals surface area contributed by atoms with Crippen molar-refractivity contribution in [2.24, 2.45) is 0 Å². The molecule has 92 valence electrons. The monoisotopic (exact) mass is 309 g/mol. The van der Waals surface area contributed by atoms with Gasteiger partial charge < -0.3 is 4.98 Å². The van der Waals surface area contributed by atoms with Crippen molar-refractivity contribution >= 4 is 27.0 Å². The Bertz CT molecular complexity index is 652. The lowest BCUT2D eigenvalue weighted by molar-refractivity contribution is 0.540. The summed E-state index contributed by atoms with van der Waals surface area (Å²) in [5, 5.41) is 4.06. The molecule has 7 heteroatoms. The molecule has 3 rings (SSSR count). The number of hydrogen-bond donors (Lipinski definition) is 1. The number of nitrogens with one attached hydrogen (secondary N) is 1. The smallest absolute Gasteiger partial charge is 0.139 e. The molecule has 1 aromatic carbocycles. The molecule has 0 spiro atoms. The van der Waals surface area contributed by atoms with Gasteiger partial charge in [-0.15, -0.1) is 0 Å². The van der Waals surface area contributed by atoms with Crippen molar-refractivity contribution in [3.63, 3.8) is 0 Å². The SMILES string of the molecule is CC(c1nc2cc(Br)c(F)cc2[nH]1)n1cncn1. The van der Waals surface area contributed by atoms with Crippen molar-refractivity contribution in [1.29, 1.82) is 0 Å². The summed E-state index contributed by atoms with van der Waals surface area (Å²) in [6, 6.07) is 2.99. The molecule has 0 fully saturated rings. The summed E-state index contributed by atoms with van der Waals surface area (Å²) in [4.78, 5) is 11.4. The Morgan fingerprint density at radius 3 is 3.00 bits per heavy atom. The molecule has 0 saturated carbocycles. The molecule has 0 saturated heterocycles. The van der Waals surface area contributed by atoms with Gasteiger partial charge in [-0.25, -0.2) is 19.0 Å². The van der Waals surface area contributed by atoms with Crippen LogP contribution in [0.5, 0.6) is 0 Å². The molecule has 0 amide bonds. The zero-order chi connectivity index (χ0) is 12.7. The van der Waals surface area contributed by atoms with E-state index in [0.29, 0.717) is 21.3 Å². The largest absolute Gasteiger partial charge is 0.340 e. The molecular formula is C11H9BrFN5. The quantitative estimate of drug-likeness (QED) is 0.791. The zero-order valence-corrected chi connectivity index (χ0v) is 11.0. The first kappa shape index (κ1) is 11.3. The number of benzene rings is 1. The van der Waals surface area contributed by atoms with Gasteiger partial charge in [-0.1, -0.05) is 0 Å². The summed E-state index contributed by atoms with van der Waals surface area (Å²) in [5.74, 6) is 0.402. The zero-order valence-electron chi connectivity index (χ0n) is 9.43. The number of nitrogens with zero attached hydrogens (tertiary/aromatic N) is 4. The third-order valence-corrected chi connectivity index (χ3v) is 3.38. The summed E-state index contributed by atoms with van der Waals surface area (Å²) >= 11 is 3.14. The second-order valence-electron chi connectivity index (χ2n) is 3.96. The van der Waals surface area contributed by atoms with Gasteiger partial charge in [0.1, 0.15) is 30.3 Å². The molecule has 5 nitrogen and oxygen atoms in total. The average Bonchev–Trinajstić information content (AvgIpc) is 2.97. The molecule has 3 aromatic rings. The van der Waals surface area contributed by atoms with Crippen LogP contribution in [0.25, 0.3) is 11.0 Å². The molecule has 18 heavy (non-hydrogen) atoms. The molecule has 1 N–H and O–H groups in total. The normalized spacial score (nSPS) is 13.1. The van der Waals surface area contributed by atoms with Crippen molar-refractivity contribution < 1.29 is 4.39 Å². The van der Waals surface area contributed by atoms with Gasteiger partial charge in [0.25, 0.3) is 0 Å². The predicted octanol–water partition coefficient (Wildman–Crippen LogP) is 2.67. The maximum atomic E-state index is 13.4. The fraction of sp³-hybridized carbons (Fsp3) is 0.182. The van der Waals surface area contributed by atoms with E-state index in [1.807, 2.05) is 6.92 Å². The van der Waals surface area contributed by atoms with E-state index in [9.17, 15) is 4.39 Å². The van der Waals surface area contributed by atoms with Crippen molar-refractivity contribution in [3.05, 3.63) is 40.9 Å². The Morgan fingerprint density at radius 2 is 2.28 bits per heavy atom. The van der Waals surface area contributed by atoms with Crippen molar-refractivity contribution in [2.75, 3.05) is 0 Å². The van der Waals surface area contributed by atoms with Crippen LogP contribution in [0.15, 0.2) is 29.3 Å². The number of halogens is 2. The Morgan fingerprint density at radius 1 is 1.44 bits per heavy atom. The van der Waals surface area contributed by atoms with Crippen LogP contribution in [-0.4, -0.2) is 24.7 Å². The lowest BCUT2D eigenvalue weighted by Crippen LogP contribution is -2.08. The molecule has 0 aliphatic heterocycles. The standard InChI is InChI=1S/C11H9BrFN5/c1-6(18-5-14-4-15-18)11-16-9-2-7(12)8(13)3-10(9)17-11/h2-6H,1H3,(H,16,17). The molecule has 0 radical (unpaired) electrons. The van der Waals surface area contributed by atoms with Crippen LogP contribution >= 0.6 is 15.9 Å². The highest BCUT2D eigenvalue weighted by atomic mass is 79.9. The van der Waals surface area contributed by atoms with Gasteiger partial charge in [-0.2, -0.15) is 5.10 Å². The van der Waals surface area contributed by atoms with E-state index in [-0.39, 0.29) is 11.9 Å². The van der Waals surface area contributed by atoms with Crippen molar-refractivity contribution in [1.82, 2.24) is 24.7 Å². The number of aromatic amines is 1. The molecule has 0 bridgehead atoms. The van der Waals surface area contributed by atoms with E-state index in [1.165, 1.54) is 12.4 Å². The molecule has 0 aliphatic rings. The number of H-pyrrole nitrogens is 1. The van der Waals surface area contributed by atoms with Gasteiger partial charge in [0.15, 0.2) is 0 Å². The summed E-state index contributed by atoms with van der Waals surface area (Å²) < 4.78 is 15.5. The summed E-state index contributed by atoms with van der Waals surface area (Å²) in [6.45, 7) is 1.94. The third kappa shape index (κ3) is 1.80. The fourth-order valence-corrected chi connectivity index (χ4v) is 2.10. The average molecular weight is 310 g/mol. The Kier molecular flexibility index (Phi) is 2.62. The first-order valence-corrected chi connectivity index (χ1v) is 6.13. The Hall–Kier alpha value is -1.76. The molecule has 1 atom stereocenters. The van der Waals surface area contributed by atoms with Gasteiger partial charge in [0, 0.05) is 6.07 Å². The molecule has 0 aliphatic carbocycles. The number of aromatic nitrogens is 5. The van der Waals surface area contributed by atoms with E-state index in [2.05, 4.69) is 36.0 Å². The van der Waals surface area contributed by atoms with Gasteiger partial charge in [-0.05, 0) is 28.9 Å². The first-order valence-electron chi connectivity index (χ1n) is 5.34. The van der Waals surface area contributed by atoms with E-state index >= 15 is 0 Å². The van der Waals surface area contributed by atoms with Gasteiger partial charge >= 0.3 is 0 Å². The second kappa shape index (κ2) is 4.16.